The Labute approximate surface area is 172 Å². The number of ketones is 1. The van der Waals surface area contributed by atoms with Crippen LogP contribution in [0.1, 0.15) is 19.5 Å². The molecule has 3 aromatic rings. The van der Waals surface area contributed by atoms with Crippen LogP contribution in [0.4, 0.5) is 0 Å². The van der Waals surface area contributed by atoms with Crippen molar-refractivity contribution in [2.75, 3.05) is 32.7 Å². The smallest absolute Gasteiger partial charge is 0.152 e. The molecule has 4 rings (SSSR count). The molecule has 1 aromatic carbocycles. The van der Waals surface area contributed by atoms with Crippen molar-refractivity contribution in [2.24, 2.45) is 7.05 Å². The lowest BCUT2D eigenvalue weighted by atomic mass is 10.0. The fourth-order valence-corrected chi connectivity index (χ4v) is 3.98. The van der Waals surface area contributed by atoms with Crippen LogP contribution in [0.25, 0.3) is 21.9 Å². The van der Waals surface area contributed by atoms with Gasteiger partial charge in [0.2, 0.25) is 0 Å². The maximum atomic E-state index is 12.6. The van der Waals surface area contributed by atoms with Gasteiger partial charge in [-0.05, 0) is 36.9 Å². The van der Waals surface area contributed by atoms with Crippen molar-refractivity contribution in [1.29, 1.82) is 0 Å². The van der Waals surface area contributed by atoms with E-state index in [2.05, 4.69) is 51.9 Å². The number of carbonyl (C=O) groups excluding carboxylic acids is 1. The molecule has 0 radical (unpaired) electrons. The maximum absolute atomic E-state index is 12.6. The second-order valence-corrected chi connectivity index (χ2v) is 8.26. The van der Waals surface area contributed by atoms with E-state index in [1.807, 2.05) is 31.7 Å². The Morgan fingerprint density at radius 3 is 2.52 bits per heavy atom. The van der Waals surface area contributed by atoms with Crippen molar-refractivity contribution < 1.29 is 4.79 Å². The number of nitrogens with zero attached hydrogens (tertiary/aromatic N) is 5. The summed E-state index contributed by atoms with van der Waals surface area (Å²) in [6.45, 7) is 8.97. The molecule has 2 aromatic heterocycles. The van der Waals surface area contributed by atoms with E-state index in [9.17, 15) is 4.79 Å². The van der Waals surface area contributed by atoms with Gasteiger partial charge in [0.05, 0.1) is 19.2 Å². The molecule has 0 N–H and O–H groups in total. The number of Topliss-reactive ketones (excluding diaryl/α,β-unsaturated/α-hetero) is 1. The zero-order valence-electron chi connectivity index (χ0n) is 17.5. The number of benzene rings is 1. The second-order valence-electron chi connectivity index (χ2n) is 8.26. The third-order valence-corrected chi connectivity index (χ3v) is 5.73. The van der Waals surface area contributed by atoms with Gasteiger partial charge < -0.3 is 0 Å². The van der Waals surface area contributed by atoms with Crippen LogP contribution in [-0.2, 0) is 18.3 Å². The van der Waals surface area contributed by atoms with Gasteiger partial charge in [-0.2, -0.15) is 5.10 Å². The maximum Gasteiger partial charge on any atom is 0.152 e. The number of hydrogen-bond donors (Lipinski definition) is 0. The van der Waals surface area contributed by atoms with Crippen LogP contribution in [0, 0.1) is 0 Å². The molecule has 0 aliphatic carbocycles. The predicted octanol–water partition coefficient (Wildman–Crippen LogP) is 2.77. The molecule has 152 valence electrons. The Hall–Kier alpha value is -2.57. The van der Waals surface area contributed by atoms with Gasteiger partial charge in [-0.15, -0.1) is 0 Å². The SMILES string of the molecule is CC(C)N1CCN(CC(=O)Cc2cc3cc(-c4cnn(C)c4)ccc3cn2)CC1. The minimum absolute atomic E-state index is 0.235. The fourth-order valence-electron chi connectivity index (χ4n) is 3.98. The van der Waals surface area contributed by atoms with E-state index in [0.29, 0.717) is 19.0 Å². The first kappa shape index (κ1) is 19.7. The standard InChI is InChI=1S/C23H29N5O/c1-17(2)28-8-6-27(7-9-28)16-23(29)12-22-11-20-10-18(4-5-19(20)13-24-22)21-14-25-26(3)15-21/h4-5,10-11,13-15,17H,6-9,12,16H2,1-3H3. The molecule has 0 saturated carbocycles. The Balaban J connectivity index is 1.42. The summed E-state index contributed by atoms with van der Waals surface area (Å²) in [7, 11) is 1.92. The first-order chi connectivity index (χ1) is 14.0. The molecular formula is C23H29N5O. The van der Waals surface area contributed by atoms with Crippen molar-refractivity contribution in [1.82, 2.24) is 24.6 Å². The molecule has 0 atom stereocenters. The summed E-state index contributed by atoms with van der Waals surface area (Å²) in [5.41, 5.74) is 3.05. The molecule has 3 heterocycles. The highest BCUT2D eigenvalue weighted by molar-refractivity contribution is 5.88. The molecule has 0 unspecified atom stereocenters. The third kappa shape index (κ3) is 4.71. The quantitative estimate of drug-likeness (QED) is 0.647. The molecule has 0 spiro atoms. The van der Waals surface area contributed by atoms with Crippen LogP contribution in [0.3, 0.4) is 0 Å². The van der Waals surface area contributed by atoms with E-state index in [1.54, 1.807) is 4.68 Å². The summed E-state index contributed by atoms with van der Waals surface area (Å²) in [5.74, 6) is 0.235. The van der Waals surface area contributed by atoms with Crippen LogP contribution in [0.5, 0.6) is 0 Å². The minimum atomic E-state index is 0.235. The van der Waals surface area contributed by atoms with Crippen LogP contribution < -0.4 is 0 Å². The number of pyridine rings is 1. The van der Waals surface area contributed by atoms with Gasteiger partial charge in [0.25, 0.3) is 0 Å². The highest BCUT2D eigenvalue weighted by Gasteiger charge is 2.20. The van der Waals surface area contributed by atoms with E-state index in [4.69, 9.17) is 0 Å². The molecule has 0 amide bonds. The number of carbonyl (C=O) groups is 1. The number of rotatable bonds is 6. The normalized spacial score (nSPS) is 16.0. The van der Waals surface area contributed by atoms with Crippen molar-refractivity contribution in [2.45, 2.75) is 26.3 Å². The fraction of sp³-hybridized carbons (Fsp3) is 0.435. The first-order valence-corrected chi connectivity index (χ1v) is 10.3. The van der Waals surface area contributed by atoms with Crippen molar-refractivity contribution in [3.05, 3.63) is 48.5 Å². The number of hydrogen-bond acceptors (Lipinski definition) is 5. The zero-order chi connectivity index (χ0) is 20.4. The molecule has 1 aliphatic rings. The van der Waals surface area contributed by atoms with Gasteiger partial charge in [0.15, 0.2) is 5.78 Å². The van der Waals surface area contributed by atoms with Crippen molar-refractivity contribution in [3.8, 4) is 11.1 Å². The van der Waals surface area contributed by atoms with E-state index < -0.39 is 0 Å². The van der Waals surface area contributed by atoms with E-state index in [-0.39, 0.29) is 5.78 Å². The molecule has 6 nitrogen and oxygen atoms in total. The number of fused-ring (bicyclic) bond motifs is 1. The number of piperazine rings is 1. The second kappa shape index (κ2) is 8.43. The molecule has 0 bridgehead atoms. The average molecular weight is 392 g/mol. The van der Waals surface area contributed by atoms with E-state index >= 15 is 0 Å². The summed E-state index contributed by atoms with van der Waals surface area (Å²) >= 11 is 0. The van der Waals surface area contributed by atoms with Gasteiger partial charge in [-0.25, -0.2) is 0 Å². The molecular weight excluding hydrogens is 362 g/mol. The Bertz CT molecular complexity index is 1000. The third-order valence-electron chi connectivity index (χ3n) is 5.73. The summed E-state index contributed by atoms with van der Waals surface area (Å²) in [6.07, 6.45) is 6.13. The zero-order valence-corrected chi connectivity index (χ0v) is 17.5. The van der Waals surface area contributed by atoms with Crippen LogP contribution >= 0.6 is 0 Å². The summed E-state index contributed by atoms with van der Waals surface area (Å²) in [4.78, 5) is 21.9. The van der Waals surface area contributed by atoms with Gasteiger partial charge >= 0.3 is 0 Å². The van der Waals surface area contributed by atoms with Crippen molar-refractivity contribution in [3.63, 3.8) is 0 Å². The Kier molecular flexibility index (Phi) is 5.74. The predicted molar refractivity (Wildman–Crippen MR) is 116 cm³/mol. The van der Waals surface area contributed by atoms with Crippen LogP contribution in [0.15, 0.2) is 42.9 Å². The van der Waals surface area contributed by atoms with Crippen molar-refractivity contribution >= 4 is 16.6 Å². The lowest BCUT2D eigenvalue weighted by molar-refractivity contribution is -0.120. The first-order valence-electron chi connectivity index (χ1n) is 10.3. The summed E-state index contributed by atoms with van der Waals surface area (Å²) in [5, 5.41) is 6.44. The van der Waals surface area contributed by atoms with E-state index in [0.717, 1.165) is 53.8 Å². The van der Waals surface area contributed by atoms with Gasteiger partial charge in [-0.1, -0.05) is 12.1 Å². The molecule has 1 aliphatic heterocycles. The Morgan fingerprint density at radius 1 is 1.03 bits per heavy atom. The van der Waals surface area contributed by atoms with Gasteiger partial charge in [-0.3, -0.25) is 24.3 Å². The average Bonchev–Trinajstić information content (AvgIpc) is 3.14. The number of aryl methyl sites for hydroxylation is 1. The lowest BCUT2D eigenvalue weighted by Crippen LogP contribution is -2.50. The van der Waals surface area contributed by atoms with Crippen LogP contribution in [0.2, 0.25) is 0 Å². The van der Waals surface area contributed by atoms with E-state index in [1.165, 1.54) is 0 Å². The molecule has 29 heavy (non-hydrogen) atoms. The minimum Gasteiger partial charge on any atom is -0.298 e. The highest BCUT2D eigenvalue weighted by atomic mass is 16.1. The largest absolute Gasteiger partial charge is 0.298 e. The Morgan fingerprint density at radius 2 is 1.83 bits per heavy atom. The molecule has 1 saturated heterocycles. The highest BCUT2D eigenvalue weighted by Crippen LogP contribution is 2.24. The number of aromatic nitrogens is 3. The molecule has 1 fully saturated rings. The van der Waals surface area contributed by atoms with Gasteiger partial charge in [0, 0.05) is 68.3 Å². The topological polar surface area (TPSA) is 54.3 Å². The monoisotopic (exact) mass is 391 g/mol. The lowest BCUT2D eigenvalue weighted by Gasteiger charge is -2.36. The molecule has 6 heteroatoms. The van der Waals surface area contributed by atoms with Crippen LogP contribution in [-0.4, -0.2) is 69.1 Å². The van der Waals surface area contributed by atoms with Gasteiger partial charge in [0.1, 0.15) is 0 Å². The summed E-state index contributed by atoms with van der Waals surface area (Å²) in [6, 6.07) is 8.93. The summed E-state index contributed by atoms with van der Waals surface area (Å²) < 4.78 is 1.80.